The molecule has 2 aromatic carbocycles. The molecule has 0 bridgehead atoms. The third-order valence-corrected chi connectivity index (χ3v) is 5.89. The summed E-state index contributed by atoms with van der Waals surface area (Å²) in [5.41, 5.74) is 2.16. The molecule has 1 aliphatic rings. The predicted molar refractivity (Wildman–Crippen MR) is 113 cm³/mol. The molecule has 29 heavy (non-hydrogen) atoms. The van der Waals surface area contributed by atoms with Crippen LogP contribution in [0.2, 0.25) is 5.02 Å². The van der Waals surface area contributed by atoms with Crippen LogP contribution in [-0.2, 0) is 29.7 Å². The van der Waals surface area contributed by atoms with Crippen molar-refractivity contribution in [3.8, 4) is 0 Å². The number of ketones is 1. The molecular weight excluding hydrogens is 388 g/mol. The van der Waals surface area contributed by atoms with Crippen molar-refractivity contribution in [2.75, 3.05) is 13.2 Å². The molecule has 1 aromatic heterocycles. The van der Waals surface area contributed by atoms with Gasteiger partial charge in [-0.05, 0) is 41.2 Å². The number of nitrogens with zero attached hydrogens (tertiary/aromatic N) is 2. The first-order valence-electron chi connectivity index (χ1n) is 9.99. The van der Waals surface area contributed by atoms with Crippen LogP contribution >= 0.6 is 11.6 Å². The summed E-state index contributed by atoms with van der Waals surface area (Å²) in [5.74, 6) is 0.449. The van der Waals surface area contributed by atoms with Gasteiger partial charge in [-0.25, -0.2) is 0 Å². The van der Waals surface area contributed by atoms with Crippen molar-refractivity contribution < 1.29 is 14.3 Å². The van der Waals surface area contributed by atoms with Gasteiger partial charge in [0.05, 0.1) is 23.9 Å². The molecule has 5 nitrogen and oxygen atoms in total. The lowest BCUT2D eigenvalue weighted by molar-refractivity contribution is 0.0966. The van der Waals surface area contributed by atoms with E-state index in [1.54, 1.807) is 11.7 Å². The van der Waals surface area contributed by atoms with E-state index < -0.39 is 0 Å². The summed E-state index contributed by atoms with van der Waals surface area (Å²) in [7, 11) is 1.79. The molecule has 0 amide bonds. The summed E-state index contributed by atoms with van der Waals surface area (Å²) in [6, 6.07) is 14.5. The summed E-state index contributed by atoms with van der Waals surface area (Å²) in [6.07, 6.45) is 2.29. The normalized spacial score (nSPS) is 16.6. The minimum atomic E-state index is -0.0155. The molecular formula is C23H25ClN2O3. The lowest BCUT2D eigenvalue weighted by Crippen LogP contribution is -2.07. The Morgan fingerprint density at radius 3 is 2.86 bits per heavy atom. The number of aromatic nitrogens is 2. The fourth-order valence-electron chi connectivity index (χ4n) is 3.73. The monoisotopic (exact) mass is 412 g/mol. The van der Waals surface area contributed by atoms with Crippen LogP contribution in [0.3, 0.4) is 0 Å². The fourth-order valence-corrected chi connectivity index (χ4v) is 4.05. The zero-order valence-electron chi connectivity index (χ0n) is 16.6. The van der Waals surface area contributed by atoms with Gasteiger partial charge in [0.2, 0.25) is 0 Å². The van der Waals surface area contributed by atoms with Crippen LogP contribution < -0.4 is 0 Å². The van der Waals surface area contributed by atoms with Gasteiger partial charge in [0.25, 0.3) is 0 Å². The minimum absolute atomic E-state index is 0.0155. The first-order chi connectivity index (χ1) is 14.1. The van der Waals surface area contributed by atoms with E-state index in [9.17, 15) is 4.79 Å². The van der Waals surface area contributed by atoms with Gasteiger partial charge in [0, 0.05) is 26.7 Å². The number of carbonyl (C=O) groups excluding carboxylic acids is 1. The number of Topliss-reactive ketones (excluding diaryl/α,β-unsaturated/α-hetero) is 1. The number of rotatable bonds is 8. The Labute approximate surface area is 175 Å². The van der Waals surface area contributed by atoms with Gasteiger partial charge in [0.15, 0.2) is 5.78 Å². The van der Waals surface area contributed by atoms with Crippen molar-refractivity contribution in [2.45, 2.75) is 32.5 Å². The highest BCUT2D eigenvalue weighted by Crippen LogP contribution is 2.25. The van der Waals surface area contributed by atoms with Crippen molar-refractivity contribution in [3.05, 3.63) is 64.4 Å². The predicted octanol–water partition coefficient (Wildman–Crippen LogP) is 4.94. The molecule has 0 N–H and O–H groups in total. The first-order valence-corrected chi connectivity index (χ1v) is 10.4. The number of hydrogen-bond donors (Lipinski definition) is 0. The van der Waals surface area contributed by atoms with Gasteiger partial charge in [-0.15, -0.1) is 0 Å². The maximum atomic E-state index is 12.6. The summed E-state index contributed by atoms with van der Waals surface area (Å²) in [6.45, 7) is 2.31. The molecule has 1 saturated heterocycles. The van der Waals surface area contributed by atoms with Gasteiger partial charge < -0.3 is 9.47 Å². The Hall–Kier alpha value is -2.21. The zero-order valence-corrected chi connectivity index (χ0v) is 17.3. The Balaban J connectivity index is 1.36. The second-order valence-corrected chi connectivity index (χ2v) is 7.98. The molecule has 152 valence electrons. The molecule has 4 rings (SSSR count). The Bertz CT molecular complexity index is 1010. The van der Waals surface area contributed by atoms with E-state index in [2.05, 4.69) is 35.4 Å². The van der Waals surface area contributed by atoms with Gasteiger partial charge in [-0.1, -0.05) is 48.0 Å². The third-order valence-electron chi connectivity index (χ3n) is 5.49. The quantitative estimate of drug-likeness (QED) is 0.491. The fraction of sp³-hybridized carbons (Fsp3) is 0.391. The number of aryl methyl sites for hydroxylation is 1. The second-order valence-electron chi connectivity index (χ2n) is 7.60. The number of halogens is 1. The molecule has 6 heteroatoms. The SMILES string of the molecule is Cn1nc(C(=O)CCC2CCOC2)c(Cl)c1COCc1ccc2ccccc2c1. The molecule has 0 saturated carbocycles. The lowest BCUT2D eigenvalue weighted by Gasteiger charge is -2.07. The van der Waals surface area contributed by atoms with Crippen LogP contribution in [-0.4, -0.2) is 28.8 Å². The summed E-state index contributed by atoms with van der Waals surface area (Å²) >= 11 is 6.47. The number of fused-ring (bicyclic) bond motifs is 1. The van der Waals surface area contributed by atoms with Gasteiger partial charge in [-0.2, -0.15) is 5.10 Å². The molecule has 1 unspecified atom stereocenters. The average Bonchev–Trinajstić information content (AvgIpc) is 3.35. The van der Waals surface area contributed by atoms with E-state index in [1.807, 2.05) is 12.1 Å². The van der Waals surface area contributed by atoms with Crippen molar-refractivity contribution in [3.63, 3.8) is 0 Å². The molecule has 1 atom stereocenters. The van der Waals surface area contributed by atoms with Crippen LogP contribution in [0.25, 0.3) is 10.8 Å². The van der Waals surface area contributed by atoms with Crippen molar-refractivity contribution in [2.24, 2.45) is 13.0 Å². The summed E-state index contributed by atoms with van der Waals surface area (Å²) in [4.78, 5) is 12.6. The Kier molecular flexibility index (Phi) is 6.28. The van der Waals surface area contributed by atoms with Crippen molar-refractivity contribution in [1.29, 1.82) is 0 Å². The summed E-state index contributed by atoms with van der Waals surface area (Å²) < 4.78 is 12.9. The smallest absolute Gasteiger partial charge is 0.184 e. The number of carbonyl (C=O) groups is 1. The lowest BCUT2D eigenvalue weighted by atomic mass is 10.00. The van der Waals surface area contributed by atoms with Crippen LogP contribution in [0.4, 0.5) is 0 Å². The van der Waals surface area contributed by atoms with E-state index in [-0.39, 0.29) is 5.78 Å². The Morgan fingerprint density at radius 2 is 2.07 bits per heavy atom. The largest absolute Gasteiger partial charge is 0.381 e. The highest BCUT2D eigenvalue weighted by Gasteiger charge is 2.23. The second kappa shape index (κ2) is 9.08. The molecule has 1 fully saturated rings. The van der Waals surface area contributed by atoms with E-state index in [0.717, 1.165) is 37.3 Å². The van der Waals surface area contributed by atoms with Crippen molar-refractivity contribution in [1.82, 2.24) is 9.78 Å². The standard InChI is InChI=1S/C23H25ClN2O3/c1-26-20(15-29-14-17-6-8-18-4-2-3-5-19(18)12-17)22(24)23(25-26)21(27)9-7-16-10-11-28-13-16/h2-6,8,12,16H,7,9-11,13-15H2,1H3. The molecule has 0 spiro atoms. The molecule has 0 aliphatic carbocycles. The van der Waals surface area contributed by atoms with E-state index in [0.29, 0.717) is 36.3 Å². The minimum Gasteiger partial charge on any atom is -0.381 e. The molecule has 1 aliphatic heterocycles. The first kappa shape index (κ1) is 20.1. The van der Waals surface area contributed by atoms with E-state index >= 15 is 0 Å². The van der Waals surface area contributed by atoms with Crippen LogP contribution in [0.15, 0.2) is 42.5 Å². The van der Waals surface area contributed by atoms with Crippen LogP contribution in [0, 0.1) is 5.92 Å². The third kappa shape index (κ3) is 4.69. The van der Waals surface area contributed by atoms with Gasteiger partial charge in [-0.3, -0.25) is 9.48 Å². The number of hydrogen-bond acceptors (Lipinski definition) is 4. The number of benzene rings is 2. The molecule has 3 aromatic rings. The Morgan fingerprint density at radius 1 is 1.24 bits per heavy atom. The topological polar surface area (TPSA) is 53.4 Å². The maximum Gasteiger partial charge on any atom is 0.184 e. The van der Waals surface area contributed by atoms with E-state index in [4.69, 9.17) is 21.1 Å². The van der Waals surface area contributed by atoms with Crippen LogP contribution in [0.5, 0.6) is 0 Å². The molecule has 2 heterocycles. The number of ether oxygens (including phenoxy) is 2. The highest BCUT2D eigenvalue weighted by molar-refractivity contribution is 6.34. The van der Waals surface area contributed by atoms with Gasteiger partial charge >= 0.3 is 0 Å². The highest BCUT2D eigenvalue weighted by atomic mass is 35.5. The van der Waals surface area contributed by atoms with Gasteiger partial charge in [0.1, 0.15) is 5.69 Å². The van der Waals surface area contributed by atoms with Crippen LogP contribution in [0.1, 0.15) is 41.0 Å². The molecule has 0 radical (unpaired) electrons. The maximum absolute atomic E-state index is 12.6. The van der Waals surface area contributed by atoms with E-state index in [1.165, 1.54) is 10.8 Å². The zero-order chi connectivity index (χ0) is 20.2. The summed E-state index contributed by atoms with van der Waals surface area (Å²) in [5, 5.41) is 7.14. The average molecular weight is 413 g/mol. The van der Waals surface area contributed by atoms with Crippen molar-refractivity contribution >= 4 is 28.2 Å².